The molecular formula is C13H15BrN2O5. The summed E-state index contributed by atoms with van der Waals surface area (Å²) in [6.45, 7) is 3.35. The SMILES string of the molecule is CC(C)OC(=O)/C(CCc1ccc(Br)cc1[N+](=O)[O-])=N\O. The number of nitro benzene ring substituents is 1. The van der Waals surface area contributed by atoms with Crippen molar-refractivity contribution in [2.24, 2.45) is 5.16 Å². The van der Waals surface area contributed by atoms with Gasteiger partial charge in [-0.1, -0.05) is 27.2 Å². The molecule has 0 saturated carbocycles. The molecule has 7 nitrogen and oxygen atoms in total. The third kappa shape index (κ3) is 5.14. The predicted octanol–water partition coefficient (Wildman–Crippen LogP) is 3.07. The van der Waals surface area contributed by atoms with Crippen LogP contribution in [0.2, 0.25) is 0 Å². The van der Waals surface area contributed by atoms with E-state index in [9.17, 15) is 14.9 Å². The number of oxime groups is 1. The standard InChI is InChI=1S/C13H15BrN2O5/c1-8(2)21-13(17)11(15-18)6-4-9-3-5-10(14)7-12(9)16(19)20/h3,5,7-8,18H,4,6H2,1-2H3/b15-11-. The van der Waals surface area contributed by atoms with Gasteiger partial charge in [0.2, 0.25) is 0 Å². The molecule has 0 unspecified atom stereocenters. The Hall–Kier alpha value is -1.96. The molecule has 0 bridgehead atoms. The minimum Gasteiger partial charge on any atom is -0.458 e. The number of aryl methyl sites for hydroxylation is 1. The Morgan fingerprint density at radius 1 is 1.52 bits per heavy atom. The van der Waals surface area contributed by atoms with E-state index in [1.807, 2.05) is 0 Å². The van der Waals surface area contributed by atoms with Crippen molar-refractivity contribution in [1.82, 2.24) is 0 Å². The third-order valence-corrected chi connectivity index (χ3v) is 3.07. The normalized spacial score (nSPS) is 11.5. The van der Waals surface area contributed by atoms with Crippen LogP contribution < -0.4 is 0 Å². The van der Waals surface area contributed by atoms with Gasteiger partial charge in [0, 0.05) is 22.5 Å². The summed E-state index contributed by atoms with van der Waals surface area (Å²) in [7, 11) is 0. The van der Waals surface area contributed by atoms with Crippen LogP contribution in [0.5, 0.6) is 0 Å². The lowest BCUT2D eigenvalue weighted by Gasteiger charge is -2.09. The van der Waals surface area contributed by atoms with E-state index in [-0.39, 0.29) is 30.3 Å². The van der Waals surface area contributed by atoms with Crippen LogP contribution in [0.1, 0.15) is 25.8 Å². The van der Waals surface area contributed by atoms with Gasteiger partial charge in [0.25, 0.3) is 5.69 Å². The Kier molecular flexibility index (Phi) is 6.29. The van der Waals surface area contributed by atoms with Gasteiger partial charge < -0.3 is 9.94 Å². The number of esters is 1. The first kappa shape index (κ1) is 17.1. The zero-order valence-corrected chi connectivity index (χ0v) is 13.2. The van der Waals surface area contributed by atoms with Gasteiger partial charge in [-0.15, -0.1) is 0 Å². The first-order chi connectivity index (χ1) is 9.85. The molecule has 0 atom stereocenters. The van der Waals surface area contributed by atoms with Crippen molar-refractivity contribution in [3.63, 3.8) is 0 Å². The molecule has 0 heterocycles. The van der Waals surface area contributed by atoms with Crippen LogP contribution in [0.25, 0.3) is 0 Å². The molecule has 0 fully saturated rings. The fraction of sp³-hybridized carbons (Fsp3) is 0.385. The van der Waals surface area contributed by atoms with Crippen molar-refractivity contribution in [2.45, 2.75) is 32.8 Å². The molecule has 0 aromatic heterocycles. The maximum Gasteiger partial charge on any atom is 0.356 e. The molecule has 0 amide bonds. The fourth-order valence-corrected chi connectivity index (χ4v) is 2.00. The first-order valence-corrected chi connectivity index (χ1v) is 6.99. The van der Waals surface area contributed by atoms with Crippen molar-refractivity contribution >= 4 is 33.3 Å². The largest absolute Gasteiger partial charge is 0.458 e. The molecule has 0 aliphatic heterocycles. The fourth-order valence-electron chi connectivity index (χ4n) is 1.65. The second kappa shape index (κ2) is 7.72. The second-order valence-corrected chi connectivity index (χ2v) is 5.45. The molecule has 1 aromatic rings. The van der Waals surface area contributed by atoms with Gasteiger partial charge in [-0.25, -0.2) is 4.79 Å². The maximum atomic E-state index is 11.6. The Morgan fingerprint density at radius 3 is 2.71 bits per heavy atom. The van der Waals surface area contributed by atoms with Crippen LogP contribution in [-0.4, -0.2) is 27.9 Å². The monoisotopic (exact) mass is 358 g/mol. The van der Waals surface area contributed by atoms with Crippen LogP contribution in [0.3, 0.4) is 0 Å². The van der Waals surface area contributed by atoms with Crippen LogP contribution in [0.4, 0.5) is 5.69 Å². The highest BCUT2D eigenvalue weighted by molar-refractivity contribution is 9.10. The van der Waals surface area contributed by atoms with Gasteiger partial charge in [0.1, 0.15) is 0 Å². The van der Waals surface area contributed by atoms with E-state index < -0.39 is 10.9 Å². The molecular weight excluding hydrogens is 344 g/mol. The number of rotatable bonds is 6. The summed E-state index contributed by atoms with van der Waals surface area (Å²) >= 11 is 3.17. The maximum absolute atomic E-state index is 11.6. The lowest BCUT2D eigenvalue weighted by Crippen LogP contribution is -2.22. The number of hydrogen-bond acceptors (Lipinski definition) is 6. The first-order valence-electron chi connectivity index (χ1n) is 6.20. The van der Waals surface area contributed by atoms with Crippen molar-refractivity contribution < 1.29 is 19.7 Å². The average molecular weight is 359 g/mol. The van der Waals surface area contributed by atoms with Gasteiger partial charge in [-0.2, -0.15) is 0 Å². The van der Waals surface area contributed by atoms with E-state index in [4.69, 9.17) is 9.94 Å². The lowest BCUT2D eigenvalue weighted by molar-refractivity contribution is -0.385. The summed E-state index contributed by atoms with van der Waals surface area (Å²) in [4.78, 5) is 22.1. The summed E-state index contributed by atoms with van der Waals surface area (Å²) in [5, 5.41) is 22.7. The molecule has 8 heteroatoms. The van der Waals surface area contributed by atoms with Gasteiger partial charge in [0.05, 0.1) is 11.0 Å². The van der Waals surface area contributed by atoms with Gasteiger partial charge >= 0.3 is 5.97 Å². The van der Waals surface area contributed by atoms with Gasteiger partial charge in [-0.05, 0) is 26.3 Å². The molecule has 0 saturated heterocycles. The number of hydrogen-bond donors (Lipinski definition) is 1. The molecule has 1 N–H and O–H groups in total. The highest BCUT2D eigenvalue weighted by atomic mass is 79.9. The van der Waals surface area contributed by atoms with Crippen LogP contribution in [0.15, 0.2) is 27.8 Å². The molecule has 0 radical (unpaired) electrons. The van der Waals surface area contributed by atoms with Crippen molar-refractivity contribution in [3.05, 3.63) is 38.3 Å². The predicted molar refractivity (Wildman–Crippen MR) is 79.6 cm³/mol. The lowest BCUT2D eigenvalue weighted by atomic mass is 10.1. The average Bonchev–Trinajstić information content (AvgIpc) is 2.39. The topological polar surface area (TPSA) is 102 Å². The molecule has 21 heavy (non-hydrogen) atoms. The number of benzene rings is 1. The minimum atomic E-state index is -0.729. The third-order valence-electron chi connectivity index (χ3n) is 2.57. The van der Waals surface area contributed by atoms with Crippen molar-refractivity contribution in [2.75, 3.05) is 0 Å². The number of nitro groups is 1. The van der Waals surface area contributed by atoms with E-state index in [1.54, 1.807) is 26.0 Å². The molecule has 114 valence electrons. The van der Waals surface area contributed by atoms with Crippen molar-refractivity contribution in [1.29, 1.82) is 0 Å². The van der Waals surface area contributed by atoms with Crippen LogP contribution in [0, 0.1) is 10.1 Å². The van der Waals surface area contributed by atoms with Crippen molar-refractivity contribution in [3.8, 4) is 0 Å². The summed E-state index contributed by atoms with van der Waals surface area (Å²) in [5.41, 5.74) is 0.224. The van der Waals surface area contributed by atoms with E-state index in [1.165, 1.54) is 6.07 Å². The second-order valence-electron chi connectivity index (χ2n) is 4.53. The Bertz CT molecular complexity index is 572. The zero-order valence-electron chi connectivity index (χ0n) is 11.6. The zero-order chi connectivity index (χ0) is 16.0. The summed E-state index contributed by atoms with van der Waals surface area (Å²) < 4.78 is 5.51. The van der Waals surface area contributed by atoms with Crippen LogP contribution >= 0.6 is 15.9 Å². The van der Waals surface area contributed by atoms with E-state index in [2.05, 4.69) is 21.1 Å². The van der Waals surface area contributed by atoms with E-state index >= 15 is 0 Å². The molecule has 0 aliphatic carbocycles. The smallest absolute Gasteiger partial charge is 0.356 e. The highest BCUT2D eigenvalue weighted by Crippen LogP contribution is 2.24. The summed E-state index contributed by atoms with van der Waals surface area (Å²) in [6.07, 6.45) is -0.1000. The number of nitrogens with zero attached hydrogens (tertiary/aromatic N) is 2. The van der Waals surface area contributed by atoms with E-state index in [0.717, 1.165) is 0 Å². The highest BCUT2D eigenvalue weighted by Gasteiger charge is 2.19. The number of carbonyl (C=O) groups excluding carboxylic acids is 1. The number of carbonyl (C=O) groups is 1. The molecule has 1 rings (SSSR count). The van der Waals surface area contributed by atoms with Gasteiger partial charge in [-0.3, -0.25) is 10.1 Å². The van der Waals surface area contributed by atoms with E-state index in [0.29, 0.717) is 10.0 Å². The Balaban J connectivity index is 2.83. The molecule has 1 aromatic carbocycles. The number of halogens is 1. The Labute approximate surface area is 129 Å². The Morgan fingerprint density at radius 2 is 2.19 bits per heavy atom. The quantitative estimate of drug-likeness (QED) is 0.276. The summed E-state index contributed by atoms with van der Waals surface area (Å²) in [6, 6.07) is 4.65. The minimum absolute atomic E-state index is 0.0462. The van der Waals surface area contributed by atoms with Gasteiger partial charge in [0.15, 0.2) is 5.71 Å². The number of ether oxygens (including phenoxy) is 1. The summed E-state index contributed by atoms with van der Waals surface area (Å²) in [5.74, 6) is -0.729. The molecule has 0 aliphatic rings. The van der Waals surface area contributed by atoms with Crippen LogP contribution in [-0.2, 0) is 16.0 Å². The molecule has 0 spiro atoms.